The van der Waals surface area contributed by atoms with Crippen LogP contribution in [-0.4, -0.2) is 17.8 Å². The van der Waals surface area contributed by atoms with Crippen molar-refractivity contribution in [3.05, 3.63) is 0 Å². The van der Waals surface area contributed by atoms with Gasteiger partial charge < -0.3 is 0 Å². The molecule has 0 rings (SSSR count). The Kier molecular flexibility index (Phi) is 1.08. The Labute approximate surface area is 32.3 Å². The van der Waals surface area contributed by atoms with Crippen LogP contribution in [0.5, 0.6) is 0 Å². The highest BCUT2D eigenvalue weighted by atomic mass is 32.4. The first-order valence-electron chi connectivity index (χ1n) is 0.896. The summed E-state index contributed by atoms with van der Waals surface area (Å²) in [6.07, 6.45) is 0. The van der Waals surface area contributed by atoms with Crippen molar-refractivity contribution in [3.8, 4) is 0 Å². The van der Waals surface area contributed by atoms with Crippen LogP contribution in [0, 0.1) is 0 Å². The van der Waals surface area contributed by atoms with Gasteiger partial charge in [0.2, 0.25) is 0 Å². The molecule has 0 aromatic carbocycles. The molecule has 0 unspecified atom stereocenters. The van der Waals surface area contributed by atoms with Crippen molar-refractivity contribution < 1.29 is 12.3 Å². The highest BCUT2D eigenvalue weighted by Crippen LogP contribution is 1.73. The molecular formula is H3FO2SSi. The fourth-order valence-electron chi connectivity index (χ4n) is 0. The predicted molar refractivity (Wildman–Crippen MR) is 20.0 cm³/mol. The molecule has 0 aliphatic carbocycles. The molecule has 0 aromatic rings. The van der Waals surface area contributed by atoms with Gasteiger partial charge in [0, 0.05) is 0 Å². The van der Waals surface area contributed by atoms with Crippen LogP contribution in [-0.2, 0) is 9.67 Å². The van der Waals surface area contributed by atoms with Crippen molar-refractivity contribution in [3.63, 3.8) is 0 Å². The van der Waals surface area contributed by atoms with Crippen molar-refractivity contribution in [1.82, 2.24) is 0 Å². The molecule has 0 spiro atoms. The van der Waals surface area contributed by atoms with E-state index in [0.717, 1.165) is 0 Å². The van der Waals surface area contributed by atoms with E-state index in [-0.39, 0.29) is 9.39 Å². The van der Waals surface area contributed by atoms with E-state index >= 15 is 0 Å². The van der Waals surface area contributed by atoms with Gasteiger partial charge in [-0.05, 0) is 0 Å². The van der Waals surface area contributed by atoms with E-state index in [1.165, 1.54) is 0 Å². The van der Waals surface area contributed by atoms with Crippen molar-refractivity contribution in [1.29, 1.82) is 0 Å². The third-order valence-electron chi connectivity index (χ3n) is 0. The summed E-state index contributed by atoms with van der Waals surface area (Å²) in [7, 11) is -4.41. The number of halogens is 1. The van der Waals surface area contributed by atoms with Crippen molar-refractivity contribution in [2.24, 2.45) is 0 Å². The molecule has 0 aromatic heterocycles. The molecule has 5 heteroatoms. The maximum Gasteiger partial charge on any atom is 0.254 e. The lowest BCUT2D eigenvalue weighted by atomic mass is 15.9. The molecule has 0 bridgehead atoms. The molecule has 32 valence electrons. The van der Waals surface area contributed by atoms with E-state index in [9.17, 15) is 3.89 Å². The Morgan fingerprint density at radius 1 is 1.60 bits per heavy atom. The Morgan fingerprint density at radius 3 is 1.60 bits per heavy atom. The summed E-state index contributed by atoms with van der Waals surface area (Å²) in [6, 6.07) is 0. The highest BCUT2D eigenvalue weighted by molar-refractivity contribution is 8.08. The summed E-state index contributed by atoms with van der Waals surface area (Å²) in [5.74, 6) is 0. The first-order valence-corrected chi connectivity index (χ1v) is 5.14. The molecular weight excluding hydrogens is 111 g/mol. The standard InChI is InChI=1S/FH3O2SSi/c1-4(2,3)5/h5H3. The summed E-state index contributed by atoms with van der Waals surface area (Å²) >= 11 is 0. The Hall–Kier alpha value is 0.0969. The van der Waals surface area contributed by atoms with Crippen LogP contribution in [0.2, 0.25) is 0 Å². The van der Waals surface area contributed by atoms with Crippen LogP contribution >= 0.6 is 0 Å². The van der Waals surface area contributed by atoms with E-state index in [1.54, 1.807) is 0 Å². The highest BCUT2D eigenvalue weighted by Gasteiger charge is 1.85. The maximum absolute atomic E-state index is 10.7. The zero-order chi connectivity index (χ0) is 4.50. The molecule has 0 aliphatic heterocycles. The van der Waals surface area contributed by atoms with Gasteiger partial charge in [0.25, 0.3) is 9.67 Å². The third-order valence-corrected chi connectivity index (χ3v) is 0. The Morgan fingerprint density at radius 2 is 1.60 bits per heavy atom. The lowest BCUT2D eigenvalue weighted by Crippen LogP contribution is -1.82. The average Bonchev–Trinajstić information content (AvgIpc) is 0.722. The van der Waals surface area contributed by atoms with Crippen LogP contribution in [0.1, 0.15) is 0 Å². The lowest BCUT2D eigenvalue weighted by molar-refractivity contribution is 0.569. The number of hydrogen-bond acceptors (Lipinski definition) is 2. The van der Waals surface area contributed by atoms with E-state index in [1.807, 2.05) is 0 Å². The first-order chi connectivity index (χ1) is 2.00. The molecule has 0 saturated heterocycles. The molecule has 0 aliphatic rings. The molecule has 0 amide bonds. The van der Waals surface area contributed by atoms with Crippen LogP contribution in [0.25, 0.3) is 0 Å². The summed E-state index contributed by atoms with van der Waals surface area (Å²) in [5.41, 5.74) is 0. The van der Waals surface area contributed by atoms with Gasteiger partial charge in [-0.3, -0.25) is 0 Å². The van der Waals surface area contributed by atoms with Crippen molar-refractivity contribution in [2.45, 2.75) is 0 Å². The van der Waals surface area contributed by atoms with E-state index in [4.69, 9.17) is 8.42 Å². The van der Waals surface area contributed by atoms with E-state index in [0.29, 0.717) is 0 Å². The quantitative estimate of drug-likeness (QED) is 0.286. The Bertz CT molecular complexity index is 92.8. The van der Waals surface area contributed by atoms with Crippen molar-refractivity contribution >= 4 is 19.1 Å². The SMILES string of the molecule is O=S(=O)(F)[SiH3]. The second-order valence-electron chi connectivity index (χ2n) is 0.682. The Balaban J connectivity index is 4.06. The molecule has 0 heterocycles. The zero-order valence-electron chi connectivity index (χ0n) is 2.60. The number of hydrogen-bond donors (Lipinski definition) is 0. The van der Waals surface area contributed by atoms with Gasteiger partial charge in [0.15, 0.2) is 9.39 Å². The fraction of sp³-hybridized carbons (Fsp3) is 0. The van der Waals surface area contributed by atoms with Gasteiger partial charge in [-0.15, -0.1) is 3.89 Å². The second kappa shape index (κ2) is 1.06. The minimum atomic E-state index is -4.03. The van der Waals surface area contributed by atoms with Gasteiger partial charge in [-0.2, -0.15) is 0 Å². The zero-order valence-corrected chi connectivity index (χ0v) is 5.42. The fourth-order valence-corrected chi connectivity index (χ4v) is 0. The maximum atomic E-state index is 10.7. The smallest absolute Gasteiger partial charge is 0.205 e. The second-order valence-corrected chi connectivity index (χ2v) is 4.97. The molecule has 0 radical (unpaired) electrons. The molecule has 0 fully saturated rings. The topological polar surface area (TPSA) is 34.1 Å². The minimum Gasteiger partial charge on any atom is -0.205 e. The van der Waals surface area contributed by atoms with Crippen LogP contribution in [0.3, 0.4) is 0 Å². The number of rotatable bonds is 0. The van der Waals surface area contributed by atoms with Crippen LogP contribution in [0.4, 0.5) is 3.89 Å². The molecule has 0 N–H and O–H groups in total. The van der Waals surface area contributed by atoms with Gasteiger partial charge in [-0.25, -0.2) is 8.42 Å². The minimum absolute atomic E-state index is 0.387. The summed E-state index contributed by atoms with van der Waals surface area (Å²) in [4.78, 5) is 0. The van der Waals surface area contributed by atoms with E-state index < -0.39 is 9.67 Å². The van der Waals surface area contributed by atoms with Gasteiger partial charge in [-0.1, -0.05) is 0 Å². The van der Waals surface area contributed by atoms with Gasteiger partial charge in [0.1, 0.15) is 0 Å². The molecule has 0 saturated carbocycles. The van der Waals surface area contributed by atoms with Gasteiger partial charge in [0.05, 0.1) is 0 Å². The first kappa shape index (κ1) is 5.10. The molecule has 5 heavy (non-hydrogen) atoms. The molecule has 2 nitrogen and oxygen atoms in total. The summed E-state index contributed by atoms with van der Waals surface area (Å²) in [6.45, 7) is 0. The summed E-state index contributed by atoms with van der Waals surface area (Å²) < 4.78 is 28.8. The monoisotopic (exact) mass is 114 g/mol. The van der Waals surface area contributed by atoms with E-state index in [2.05, 4.69) is 0 Å². The lowest BCUT2D eigenvalue weighted by Gasteiger charge is -1.64. The summed E-state index contributed by atoms with van der Waals surface area (Å²) in [5, 5.41) is 0. The van der Waals surface area contributed by atoms with Gasteiger partial charge >= 0.3 is 0 Å². The normalized spacial score (nSPS) is 12.2. The largest absolute Gasteiger partial charge is 0.254 e. The predicted octanol–water partition coefficient (Wildman–Crippen LogP) is -1.43. The van der Waals surface area contributed by atoms with Crippen LogP contribution < -0.4 is 0 Å². The molecule has 0 atom stereocenters. The third kappa shape index (κ3) is 1920. The average molecular weight is 114 g/mol. The van der Waals surface area contributed by atoms with Crippen LogP contribution in [0.15, 0.2) is 0 Å². The van der Waals surface area contributed by atoms with Crippen molar-refractivity contribution in [2.75, 3.05) is 0 Å².